The predicted octanol–water partition coefficient (Wildman–Crippen LogP) is 5.40. The molecule has 0 radical (unpaired) electrons. The fraction of sp³-hybridized carbons (Fsp3) is 0.435. The van der Waals surface area contributed by atoms with Gasteiger partial charge in [0, 0.05) is 19.6 Å². The van der Waals surface area contributed by atoms with Crippen LogP contribution >= 0.6 is 11.3 Å². The van der Waals surface area contributed by atoms with Crippen molar-refractivity contribution in [3.05, 3.63) is 40.8 Å². The number of rotatable bonds is 7. The van der Waals surface area contributed by atoms with Crippen molar-refractivity contribution in [2.24, 2.45) is 0 Å². The first-order valence-corrected chi connectivity index (χ1v) is 11.5. The highest BCUT2D eigenvalue weighted by molar-refractivity contribution is 7.20. The zero-order chi connectivity index (χ0) is 22.7. The average molecular weight is 460 g/mol. The molecule has 3 aromatic rings. The quantitative estimate of drug-likeness (QED) is 0.474. The third-order valence-electron chi connectivity index (χ3n) is 5.59. The second kappa shape index (κ2) is 9.79. The van der Waals surface area contributed by atoms with E-state index in [0.717, 1.165) is 36.6 Å². The Balaban J connectivity index is 1.65. The number of aromatic nitrogens is 2. The summed E-state index contributed by atoms with van der Waals surface area (Å²) in [6.45, 7) is 3.91. The minimum atomic E-state index is -0.381. The van der Waals surface area contributed by atoms with Crippen LogP contribution in [0.15, 0.2) is 24.5 Å². The minimum Gasteiger partial charge on any atom is -0.488 e. The molecule has 1 N–H and O–H groups in total. The molecular formula is C23H26FN3O4S. The summed E-state index contributed by atoms with van der Waals surface area (Å²) in [7, 11) is 1.70. The Morgan fingerprint density at radius 2 is 2.09 bits per heavy atom. The molecule has 0 bridgehead atoms. The molecule has 1 aliphatic carbocycles. The van der Waals surface area contributed by atoms with Crippen LogP contribution in [-0.4, -0.2) is 41.9 Å². The summed E-state index contributed by atoms with van der Waals surface area (Å²) in [5.41, 5.74) is 1.33. The Morgan fingerprint density at radius 3 is 2.88 bits per heavy atom. The van der Waals surface area contributed by atoms with E-state index in [9.17, 15) is 9.18 Å². The van der Waals surface area contributed by atoms with Crippen LogP contribution in [0.5, 0.6) is 5.75 Å². The first-order chi connectivity index (χ1) is 15.5. The van der Waals surface area contributed by atoms with Crippen molar-refractivity contribution in [3.63, 3.8) is 0 Å². The van der Waals surface area contributed by atoms with E-state index in [4.69, 9.17) is 14.2 Å². The number of halogens is 1. The van der Waals surface area contributed by atoms with Crippen LogP contribution in [0.25, 0.3) is 10.2 Å². The van der Waals surface area contributed by atoms with Crippen molar-refractivity contribution < 1.29 is 23.4 Å². The van der Waals surface area contributed by atoms with Gasteiger partial charge in [-0.25, -0.2) is 19.2 Å². The van der Waals surface area contributed by atoms with Crippen LogP contribution in [0.3, 0.4) is 0 Å². The van der Waals surface area contributed by atoms with Gasteiger partial charge < -0.3 is 19.5 Å². The summed E-state index contributed by atoms with van der Waals surface area (Å²) < 4.78 is 30.9. The first-order valence-electron chi connectivity index (χ1n) is 10.7. The van der Waals surface area contributed by atoms with Gasteiger partial charge >= 0.3 is 5.97 Å². The molecule has 9 heteroatoms. The van der Waals surface area contributed by atoms with Gasteiger partial charge in [-0.05, 0) is 50.8 Å². The van der Waals surface area contributed by atoms with Gasteiger partial charge in [0.15, 0.2) is 0 Å². The molecule has 1 saturated carbocycles. The van der Waals surface area contributed by atoms with Crippen LogP contribution in [0.4, 0.5) is 15.9 Å². The lowest BCUT2D eigenvalue weighted by Gasteiger charge is -2.29. The molecule has 2 atom stereocenters. The molecule has 2 aromatic heterocycles. The third-order valence-corrected chi connectivity index (χ3v) is 6.77. The van der Waals surface area contributed by atoms with Crippen LogP contribution in [-0.2, 0) is 9.47 Å². The molecule has 7 nitrogen and oxygen atoms in total. The number of ether oxygens (including phenoxy) is 3. The van der Waals surface area contributed by atoms with Crippen LogP contribution in [0, 0.1) is 12.7 Å². The van der Waals surface area contributed by atoms with E-state index in [1.54, 1.807) is 20.1 Å². The lowest BCUT2D eigenvalue weighted by molar-refractivity contribution is 0.0211. The summed E-state index contributed by atoms with van der Waals surface area (Å²) in [6, 6.07) is 4.38. The van der Waals surface area contributed by atoms with E-state index < -0.39 is 0 Å². The van der Waals surface area contributed by atoms with Gasteiger partial charge in [-0.15, -0.1) is 11.3 Å². The molecule has 4 rings (SSSR count). The highest BCUT2D eigenvalue weighted by atomic mass is 32.1. The SMILES string of the molecule is CCOC(=O)c1sc2ncnc(Nc3ccc(F)cc3O[C@@H]3CCC[C@H](OC)C3)c2c1C. The summed E-state index contributed by atoms with van der Waals surface area (Å²) in [5.74, 6) is 0.176. The maximum Gasteiger partial charge on any atom is 0.348 e. The lowest BCUT2D eigenvalue weighted by Crippen LogP contribution is -2.29. The number of aryl methyl sites for hydroxylation is 1. The number of methoxy groups -OCH3 is 1. The van der Waals surface area contributed by atoms with Gasteiger partial charge in [-0.2, -0.15) is 0 Å². The highest BCUT2D eigenvalue weighted by Gasteiger charge is 2.25. The number of hydrogen-bond acceptors (Lipinski definition) is 8. The Kier molecular flexibility index (Phi) is 6.86. The topological polar surface area (TPSA) is 82.6 Å². The number of hydrogen-bond donors (Lipinski definition) is 1. The van der Waals surface area contributed by atoms with Crippen molar-refractivity contribution in [2.75, 3.05) is 19.0 Å². The second-order valence-electron chi connectivity index (χ2n) is 7.71. The molecule has 1 fully saturated rings. The van der Waals surface area contributed by atoms with Gasteiger partial charge in [0.2, 0.25) is 0 Å². The number of carbonyl (C=O) groups is 1. The fourth-order valence-corrected chi connectivity index (χ4v) is 5.03. The molecule has 170 valence electrons. The van der Waals surface area contributed by atoms with E-state index in [1.165, 1.54) is 29.8 Å². The molecule has 1 aliphatic rings. The Morgan fingerprint density at radius 1 is 1.28 bits per heavy atom. The average Bonchev–Trinajstić information content (AvgIpc) is 3.13. The van der Waals surface area contributed by atoms with Gasteiger partial charge in [0.25, 0.3) is 0 Å². The van der Waals surface area contributed by atoms with Crippen molar-refractivity contribution in [3.8, 4) is 5.75 Å². The fourth-order valence-electron chi connectivity index (χ4n) is 3.99. The van der Waals surface area contributed by atoms with Crippen molar-refractivity contribution in [1.29, 1.82) is 0 Å². The normalized spacial score (nSPS) is 18.5. The Hall–Kier alpha value is -2.78. The molecule has 1 aromatic carbocycles. The van der Waals surface area contributed by atoms with E-state index in [0.29, 0.717) is 33.6 Å². The van der Waals surface area contributed by atoms with Crippen molar-refractivity contribution >= 4 is 39.0 Å². The van der Waals surface area contributed by atoms with E-state index in [-0.39, 0.29) is 24.0 Å². The number of anilines is 2. The molecule has 0 aliphatic heterocycles. The summed E-state index contributed by atoms with van der Waals surface area (Å²) in [6.07, 6.45) is 5.18. The molecular weight excluding hydrogens is 433 g/mol. The van der Waals surface area contributed by atoms with Crippen LogP contribution in [0.2, 0.25) is 0 Å². The molecule has 0 saturated heterocycles. The Bertz CT molecular complexity index is 1120. The van der Waals surface area contributed by atoms with Gasteiger partial charge in [0.1, 0.15) is 39.5 Å². The molecule has 32 heavy (non-hydrogen) atoms. The van der Waals surface area contributed by atoms with Crippen molar-refractivity contribution in [2.45, 2.75) is 51.7 Å². The van der Waals surface area contributed by atoms with Crippen molar-refractivity contribution in [1.82, 2.24) is 9.97 Å². The first kappa shape index (κ1) is 22.4. The number of benzene rings is 1. The van der Waals surface area contributed by atoms with Crippen LogP contribution < -0.4 is 10.1 Å². The van der Waals surface area contributed by atoms with Gasteiger partial charge in [-0.1, -0.05) is 0 Å². The van der Waals surface area contributed by atoms with E-state index >= 15 is 0 Å². The summed E-state index contributed by atoms with van der Waals surface area (Å²) in [4.78, 5) is 22.2. The summed E-state index contributed by atoms with van der Waals surface area (Å²) >= 11 is 1.26. The van der Waals surface area contributed by atoms with Gasteiger partial charge in [-0.3, -0.25) is 0 Å². The minimum absolute atomic E-state index is 0.0558. The standard InChI is InChI=1S/C23H26FN3O4S/c1-4-30-23(28)20-13(2)19-21(25-12-26-22(19)32-20)27-17-9-8-14(24)10-18(17)31-16-7-5-6-15(11-16)29-3/h8-10,12,15-16H,4-7,11H2,1-3H3,(H,25,26,27)/t15-,16+/m0/s1. The molecule has 2 heterocycles. The Labute approximate surface area is 189 Å². The number of thiophene rings is 1. The molecule has 0 amide bonds. The maximum atomic E-state index is 14.1. The van der Waals surface area contributed by atoms with E-state index in [1.807, 2.05) is 6.92 Å². The highest BCUT2D eigenvalue weighted by Crippen LogP contribution is 2.37. The lowest BCUT2D eigenvalue weighted by atomic mass is 9.95. The van der Waals surface area contributed by atoms with Crippen LogP contribution in [0.1, 0.15) is 47.8 Å². The molecule has 0 spiro atoms. The number of esters is 1. The zero-order valence-electron chi connectivity index (χ0n) is 18.3. The van der Waals surface area contributed by atoms with Gasteiger partial charge in [0.05, 0.1) is 23.8 Å². The zero-order valence-corrected chi connectivity index (χ0v) is 19.1. The number of fused-ring (bicyclic) bond motifs is 1. The number of nitrogens with one attached hydrogen (secondary N) is 1. The largest absolute Gasteiger partial charge is 0.488 e. The third kappa shape index (κ3) is 4.68. The number of carbonyl (C=O) groups excluding carboxylic acids is 1. The predicted molar refractivity (Wildman–Crippen MR) is 121 cm³/mol. The monoisotopic (exact) mass is 459 g/mol. The smallest absolute Gasteiger partial charge is 0.348 e. The molecule has 0 unspecified atom stereocenters. The van der Waals surface area contributed by atoms with E-state index in [2.05, 4.69) is 15.3 Å². The summed E-state index contributed by atoms with van der Waals surface area (Å²) in [5, 5.41) is 3.99. The maximum absolute atomic E-state index is 14.1. The number of nitrogens with zero attached hydrogens (tertiary/aromatic N) is 2. The second-order valence-corrected chi connectivity index (χ2v) is 8.71.